The third kappa shape index (κ3) is 2.91. The smallest absolute Gasteiger partial charge is 0.122 e. The van der Waals surface area contributed by atoms with Crippen molar-refractivity contribution >= 4 is 11.3 Å². The highest BCUT2D eigenvalue weighted by Crippen LogP contribution is 2.35. The Morgan fingerprint density at radius 3 is 2.81 bits per heavy atom. The largest absolute Gasteiger partial charge is 0.333 e. The molecule has 3 heterocycles. The molecule has 2 aromatic rings. The van der Waals surface area contributed by atoms with Crippen LogP contribution in [-0.2, 0) is 18.5 Å². The van der Waals surface area contributed by atoms with E-state index in [4.69, 9.17) is 5.73 Å². The first-order chi connectivity index (χ1) is 9.99. The molecule has 0 radical (unpaired) electrons. The van der Waals surface area contributed by atoms with Crippen LogP contribution in [0.2, 0.25) is 0 Å². The van der Waals surface area contributed by atoms with E-state index >= 15 is 0 Å². The number of imidazole rings is 1. The molecule has 0 spiro atoms. The molecule has 1 atom stereocenters. The van der Waals surface area contributed by atoms with Gasteiger partial charge in [0.2, 0.25) is 0 Å². The molecule has 0 saturated heterocycles. The maximum absolute atomic E-state index is 6.09. The Morgan fingerprint density at radius 2 is 2.14 bits per heavy atom. The first-order valence-electron chi connectivity index (χ1n) is 7.53. The molecule has 0 fully saturated rings. The summed E-state index contributed by atoms with van der Waals surface area (Å²) in [6.07, 6.45) is 3.95. The third-order valence-corrected chi connectivity index (χ3v) is 5.75. The predicted octanol–water partition coefficient (Wildman–Crippen LogP) is 2.76. The molecular weight excluding hydrogens is 280 g/mol. The zero-order chi connectivity index (χ0) is 15.0. The van der Waals surface area contributed by atoms with Gasteiger partial charge in [-0.05, 0) is 17.5 Å². The Morgan fingerprint density at radius 1 is 1.33 bits per heavy atom. The summed E-state index contributed by atoms with van der Waals surface area (Å²) in [7, 11) is 0. The average Bonchev–Trinajstić information content (AvgIpc) is 3.06. The Hall–Kier alpha value is -1.17. The summed E-state index contributed by atoms with van der Waals surface area (Å²) in [4.78, 5) is 9.71. The first kappa shape index (κ1) is 14.8. The highest BCUT2D eigenvalue weighted by molar-refractivity contribution is 7.12. The molecule has 1 unspecified atom stereocenters. The summed E-state index contributed by atoms with van der Waals surface area (Å²) in [5, 5.41) is 0. The van der Waals surface area contributed by atoms with Crippen molar-refractivity contribution in [1.82, 2.24) is 14.5 Å². The van der Waals surface area contributed by atoms with E-state index in [9.17, 15) is 0 Å². The molecule has 114 valence electrons. The third-order valence-electron chi connectivity index (χ3n) is 4.13. The first-order valence-corrected chi connectivity index (χ1v) is 8.35. The van der Waals surface area contributed by atoms with Gasteiger partial charge in [-0.2, -0.15) is 0 Å². The molecule has 0 aromatic carbocycles. The zero-order valence-electron chi connectivity index (χ0n) is 13.0. The van der Waals surface area contributed by atoms with E-state index < -0.39 is 0 Å². The topological polar surface area (TPSA) is 47.1 Å². The minimum atomic E-state index is 0.209. The molecule has 1 aliphatic heterocycles. The number of nitrogens with two attached hydrogens (primary N) is 1. The number of hydrogen-bond donors (Lipinski definition) is 1. The van der Waals surface area contributed by atoms with Crippen LogP contribution < -0.4 is 5.73 Å². The van der Waals surface area contributed by atoms with Crippen molar-refractivity contribution in [2.45, 2.75) is 45.3 Å². The van der Waals surface area contributed by atoms with E-state index in [0.717, 1.165) is 25.5 Å². The molecule has 4 nitrogen and oxygen atoms in total. The van der Waals surface area contributed by atoms with E-state index in [1.54, 1.807) is 0 Å². The van der Waals surface area contributed by atoms with Crippen LogP contribution in [0.5, 0.6) is 0 Å². The highest BCUT2D eigenvalue weighted by Gasteiger charge is 2.26. The Labute approximate surface area is 130 Å². The summed E-state index contributed by atoms with van der Waals surface area (Å²) >= 11 is 1.90. The lowest BCUT2D eigenvalue weighted by molar-refractivity contribution is 0.158. The van der Waals surface area contributed by atoms with Crippen molar-refractivity contribution in [2.75, 3.05) is 13.1 Å². The monoisotopic (exact) mass is 304 g/mol. The second kappa shape index (κ2) is 5.55. The maximum atomic E-state index is 6.09. The van der Waals surface area contributed by atoms with Gasteiger partial charge in [-0.15, -0.1) is 11.3 Å². The van der Waals surface area contributed by atoms with Crippen molar-refractivity contribution in [2.24, 2.45) is 5.73 Å². The fraction of sp³-hybridized carbons (Fsp3) is 0.562. The zero-order valence-corrected chi connectivity index (χ0v) is 13.9. The van der Waals surface area contributed by atoms with Crippen LogP contribution in [0.15, 0.2) is 24.5 Å². The lowest BCUT2D eigenvalue weighted by Crippen LogP contribution is -2.39. The number of thiophene rings is 1. The van der Waals surface area contributed by atoms with Crippen molar-refractivity contribution in [3.05, 3.63) is 40.1 Å². The van der Waals surface area contributed by atoms with Crippen molar-refractivity contribution in [3.8, 4) is 0 Å². The molecular formula is C16H24N4S. The van der Waals surface area contributed by atoms with E-state index in [1.165, 1.54) is 9.75 Å². The van der Waals surface area contributed by atoms with Gasteiger partial charge in [0.15, 0.2) is 0 Å². The van der Waals surface area contributed by atoms with Crippen LogP contribution in [0.4, 0.5) is 0 Å². The summed E-state index contributed by atoms with van der Waals surface area (Å²) in [5.74, 6) is 1.15. The second-order valence-electron chi connectivity index (χ2n) is 6.71. The molecule has 5 heteroatoms. The summed E-state index contributed by atoms with van der Waals surface area (Å²) in [5.41, 5.74) is 6.30. The van der Waals surface area contributed by atoms with Gasteiger partial charge in [-0.3, -0.25) is 4.90 Å². The molecule has 2 aromatic heterocycles. The number of nitrogens with zero attached hydrogens (tertiary/aromatic N) is 3. The second-order valence-corrected chi connectivity index (χ2v) is 7.83. The minimum Gasteiger partial charge on any atom is -0.333 e. The van der Waals surface area contributed by atoms with Crippen molar-refractivity contribution < 1.29 is 0 Å². The van der Waals surface area contributed by atoms with Crippen LogP contribution >= 0.6 is 11.3 Å². The van der Waals surface area contributed by atoms with Crippen molar-refractivity contribution in [1.29, 1.82) is 0 Å². The van der Waals surface area contributed by atoms with Gasteiger partial charge in [0.25, 0.3) is 0 Å². The lowest BCUT2D eigenvalue weighted by Gasteiger charge is -2.33. The summed E-state index contributed by atoms with van der Waals surface area (Å²) in [6, 6.07) is 4.81. The normalized spacial score (nSPS) is 17.7. The van der Waals surface area contributed by atoms with E-state index in [0.29, 0.717) is 12.6 Å². The quantitative estimate of drug-likeness (QED) is 0.948. The molecule has 0 bridgehead atoms. The minimum absolute atomic E-state index is 0.209. The van der Waals surface area contributed by atoms with Crippen LogP contribution in [0.3, 0.4) is 0 Å². The van der Waals surface area contributed by atoms with E-state index in [2.05, 4.69) is 53.6 Å². The number of hydrogen-bond acceptors (Lipinski definition) is 4. The summed E-state index contributed by atoms with van der Waals surface area (Å²) in [6.45, 7) is 10.4. The SMILES string of the molecule is CC(C)(C)c1ccc(C(CN)N2CCn3ccnc3C2)s1. The van der Waals surface area contributed by atoms with Gasteiger partial charge in [-0.25, -0.2) is 4.98 Å². The van der Waals surface area contributed by atoms with Gasteiger partial charge in [-0.1, -0.05) is 20.8 Å². The lowest BCUT2D eigenvalue weighted by atomic mass is 9.95. The van der Waals surface area contributed by atoms with Gasteiger partial charge in [0.1, 0.15) is 5.82 Å². The van der Waals surface area contributed by atoms with Gasteiger partial charge in [0, 0.05) is 41.8 Å². The Kier molecular flexibility index (Phi) is 3.90. The van der Waals surface area contributed by atoms with Gasteiger partial charge in [0.05, 0.1) is 12.6 Å². The van der Waals surface area contributed by atoms with Crippen molar-refractivity contribution in [3.63, 3.8) is 0 Å². The molecule has 3 rings (SSSR count). The van der Waals surface area contributed by atoms with Crippen LogP contribution in [0.25, 0.3) is 0 Å². The maximum Gasteiger partial charge on any atom is 0.122 e. The Bertz CT molecular complexity index is 608. The Balaban J connectivity index is 1.81. The number of rotatable bonds is 3. The molecule has 0 saturated carbocycles. The van der Waals surface area contributed by atoms with Crippen LogP contribution in [0, 0.1) is 0 Å². The molecule has 0 aliphatic carbocycles. The van der Waals surface area contributed by atoms with Gasteiger partial charge >= 0.3 is 0 Å². The summed E-state index contributed by atoms with van der Waals surface area (Å²) < 4.78 is 2.24. The van der Waals surface area contributed by atoms with E-state index in [1.807, 2.05) is 17.5 Å². The fourth-order valence-corrected chi connectivity index (χ4v) is 4.05. The van der Waals surface area contributed by atoms with E-state index in [-0.39, 0.29) is 5.41 Å². The van der Waals surface area contributed by atoms with Gasteiger partial charge < -0.3 is 10.3 Å². The molecule has 0 amide bonds. The van der Waals surface area contributed by atoms with Crippen LogP contribution in [-0.4, -0.2) is 27.5 Å². The fourth-order valence-electron chi connectivity index (χ4n) is 2.84. The predicted molar refractivity (Wildman–Crippen MR) is 87.5 cm³/mol. The molecule has 2 N–H and O–H groups in total. The average molecular weight is 304 g/mol. The molecule has 21 heavy (non-hydrogen) atoms. The standard InChI is InChI=1S/C16H24N4S/c1-16(2,3)14-5-4-13(21-14)12(10-17)20-9-8-19-7-6-18-15(19)11-20/h4-7,12H,8-11,17H2,1-3H3. The number of aromatic nitrogens is 2. The van der Waals surface area contributed by atoms with Crippen LogP contribution in [0.1, 0.15) is 42.4 Å². The molecule has 1 aliphatic rings. The number of fused-ring (bicyclic) bond motifs is 1. The highest BCUT2D eigenvalue weighted by atomic mass is 32.1.